The topological polar surface area (TPSA) is 44.5 Å². The van der Waals surface area contributed by atoms with Crippen molar-refractivity contribution in [2.24, 2.45) is 0 Å². The van der Waals surface area contributed by atoms with E-state index in [1.54, 1.807) is 6.20 Å². The first kappa shape index (κ1) is 14.8. The Balaban J connectivity index is 1.85. The zero-order valence-electron chi connectivity index (χ0n) is 12.5. The molecule has 4 nitrogen and oxygen atoms in total. The summed E-state index contributed by atoms with van der Waals surface area (Å²) in [6.07, 6.45) is 1.67. The van der Waals surface area contributed by atoms with Crippen molar-refractivity contribution in [1.82, 2.24) is 4.98 Å². The van der Waals surface area contributed by atoms with Crippen LogP contribution in [-0.4, -0.2) is 23.3 Å². The zero-order chi connectivity index (χ0) is 15.3. The maximum Gasteiger partial charge on any atom is 0.534 e. The van der Waals surface area contributed by atoms with Crippen molar-refractivity contribution in [3.63, 3.8) is 0 Å². The molecule has 1 aromatic carbocycles. The van der Waals surface area contributed by atoms with Crippen molar-refractivity contribution in [1.29, 1.82) is 0 Å². The highest BCUT2D eigenvalue weighted by Gasteiger charge is 2.53. The molecule has 0 unspecified atom stereocenters. The fourth-order valence-corrected chi connectivity index (χ4v) is 2.35. The highest BCUT2D eigenvalue weighted by Crippen LogP contribution is 2.36. The fourth-order valence-electron chi connectivity index (χ4n) is 2.08. The third-order valence-electron chi connectivity index (χ3n) is 4.10. The second-order valence-electron chi connectivity index (χ2n) is 6.16. The molecular weight excluding hydrogens is 333 g/mol. The van der Waals surface area contributed by atoms with Crippen LogP contribution in [0.5, 0.6) is 0 Å². The van der Waals surface area contributed by atoms with Crippen LogP contribution in [0, 0.1) is 0 Å². The number of aromatic nitrogens is 1. The normalized spacial score (nSPS) is 20.0. The van der Waals surface area contributed by atoms with Crippen LogP contribution in [0.25, 0.3) is 11.5 Å². The molecule has 0 radical (unpaired) electrons. The standard InChI is InChI=1S/C15H17BBrNO3/c1-14(2)15(3,4)21-16(20-14)12-9-18-13(19-12)10-5-7-11(17)8-6-10/h5-9H,1-4H3. The van der Waals surface area contributed by atoms with E-state index in [1.165, 1.54) is 0 Å². The van der Waals surface area contributed by atoms with Gasteiger partial charge in [-0.1, -0.05) is 15.9 Å². The number of halogens is 1. The lowest BCUT2D eigenvalue weighted by Crippen LogP contribution is -2.41. The second-order valence-corrected chi connectivity index (χ2v) is 7.08. The Labute approximate surface area is 133 Å². The summed E-state index contributed by atoms with van der Waals surface area (Å²) in [4.78, 5) is 4.31. The van der Waals surface area contributed by atoms with Crippen LogP contribution in [0.3, 0.4) is 0 Å². The van der Waals surface area contributed by atoms with Gasteiger partial charge in [0.1, 0.15) is 0 Å². The third-order valence-corrected chi connectivity index (χ3v) is 4.63. The quantitative estimate of drug-likeness (QED) is 0.779. The summed E-state index contributed by atoms with van der Waals surface area (Å²) in [5.74, 6) is 0.562. The number of hydrogen-bond acceptors (Lipinski definition) is 4. The van der Waals surface area contributed by atoms with Gasteiger partial charge >= 0.3 is 7.12 Å². The Morgan fingerprint density at radius 1 is 1.00 bits per heavy atom. The molecule has 0 bridgehead atoms. The molecule has 0 aliphatic carbocycles. The molecule has 2 aromatic rings. The Morgan fingerprint density at radius 2 is 1.57 bits per heavy atom. The van der Waals surface area contributed by atoms with Gasteiger partial charge in [-0.2, -0.15) is 0 Å². The lowest BCUT2D eigenvalue weighted by Gasteiger charge is -2.32. The van der Waals surface area contributed by atoms with Gasteiger partial charge in [-0.05, 0) is 52.0 Å². The van der Waals surface area contributed by atoms with Crippen molar-refractivity contribution in [3.8, 4) is 11.5 Å². The van der Waals surface area contributed by atoms with E-state index in [-0.39, 0.29) is 11.2 Å². The van der Waals surface area contributed by atoms with E-state index in [0.717, 1.165) is 10.0 Å². The molecule has 3 rings (SSSR count). The Bertz CT molecular complexity index is 635. The summed E-state index contributed by atoms with van der Waals surface area (Å²) < 4.78 is 18.7. The zero-order valence-corrected chi connectivity index (χ0v) is 14.1. The van der Waals surface area contributed by atoms with Crippen LogP contribution in [0.2, 0.25) is 0 Å². The molecule has 21 heavy (non-hydrogen) atoms. The van der Waals surface area contributed by atoms with Gasteiger partial charge in [-0.3, -0.25) is 0 Å². The van der Waals surface area contributed by atoms with E-state index in [9.17, 15) is 0 Å². The van der Waals surface area contributed by atoms with Gasteiger partial charge in [0, 0.05) is 10.0 Å². The molecule has 1 aliphatic heterocycles. The van der Waals surface area contributed by atoms with E-state index < -0.39 is 7.12 Å². The molecule has 0 amide bonds. The largest absolute Gasteiger partial charge is 0.534 e. The van der Waals surface area contributed by atoms with Gasteiger partial charge in [-0.15, -0.1) is 0 Å². The molecule has 1 aliphatic rings. The number of benzene rings is 1. The molecule has 0 saturated carbocycles. The van der Waals surface area contributed by atoms with Crippen molar-refractivity contribution in [2.45, 2.75) is 38.9 Å². The van der Waals surface area contributed by atoms with E-state index in [2.05, 4.69) is 20.9 Å². The summed E-state index contributed by atoms with van der Waals surface area (Å²) in [7, 11) is -0.522. The molecule has 2 heterocycles. The molecule has 0 atom stereocenters. The molecule has 1 aromatic heterocycles. The molecule has 0 N–H and O–H groups in total. The Morgan fingerprint density at radius 3 is 2.14 bits per heavy atom. The average molecular weight is 350 g/mol. The summed E-state index contributed by atoms with van der Waals surface area (Å²) in [6, 6.07) is 7.80. The summed E-state index contributed by atoms with van der Waals surface area (Å²) in [6.45, 7) is 8.05. The van der Waals surface area contributed by atoms with Gasteiger partial charge in [0.25, 0.3) is 0 Å². The van der Waals surface area contributed by atoms with Crippen molar-refractivity contribution < 1.29 is 13.7 Å². The average Bonchev–Trinajstić information content (AvgIpc) is 2.94. The monoisotopic (exact) mass is 349 g/mol. The molecular formula is C15H17BBrNO3. The highest BCUT2D eigenvalue weighted by molar-refractivity contribution is 9.10. The minimum atomic E-state index is -0.522. The number of oxazole rings is 1. The van der Waals surface area contributed by atoms with Crippen molar-refractivity contribution in [3.05, 3.63) is 34.9 Å². The minimum Gasteiger partial charge on any atom is -0.445 e. The van der Waals surface area contributed by atoms with Crippen molar-refractivity contribution >= 4 is 28.7 Å². The lowest BCUT2D eigenvalue weighted by atomic mass is 9.87. The van der Waals surface area contributed by atoms with Crippen LogP contribution < -0.4 is 5.66 Å². The maximum absolute atomic E-state index is 5.95. The predicted octanol–water partition coefficient (Wildman–Crippen LogP) is 3.40. The van der Waals surface area contributed by atoms with Gasteiger partial charge in [0.15, 0.2) is 5.66 Å². The minimum absolute atomic E-state index is 0.387. The first-order chi connectivity index (χ1) is 9.78. The van der Waals surface area contributed by atoms with E-state index >= 15 is 0 Å². The highest BCUT2D eigenvalue weighted by atomic mass is 79.9. The smallest absolute Gasteiger partial charge is 0.445 e. The van der Waals surface area contributed by atoms with Gasteiger partial charge in [0.05, 0.1) is 17.4 Å². The van der Waals surface area contributed by atoms with Crippen LogP contribution in [-0.2, 0) is 9.31 Å². The van der Waals surface area contributed by atoms with Crippen LogP contribution in [0.1, 0.15) is 27.7 Å². The number of nitrogens with zero attached hydrogens (tertiary/aromatic N) is 1. The molecule has 1 fully saturated rings. The lowest BCUT2D eigenvalue weighted by molar-refractivity contribution is 0.00578. The maximum atomic E-state index is 5.95. The van der Waals surface area contributed by atoms with Gasteiger partial charge < -0.3 is 13.7 Å². The van der Waals surface area contributed by atoms with Crippen LogP contribution in [0.4, 0.5) is 0 Å². The first-order valence-electron chi connectivity index (χ1n) is 6.86. The van der Waals surface area contributed by atoms with Crippen LogP contribution >= 0.6 is 15.9 Å². The van der Waals surface area contributed by atoms with Crippen LogP contribution in [0.15, 0.2) is 39.4 Å². The Kier molecular flexibility index (Phi) is 3.51. The number of hydrogen-bond donors (Lipinski definition) is 0. The summed E-state index contributed by atoms with van der Waals surface area (Å²) >= 11 is 3.41. The molecule has 0 spiro atoms. The van der Waals surface area contributed by atoms with Gasteiger partial charge in [-0.25, -0.2) is 4.98 Å². The first-order valence-corrected chi connectivity index (χ1v) is 7.65. The molecule has 6 heteroatoms. The number of rotatable bonds is 2. The van der Waals surface area contributed by atoms with E-state index in [1.807, 2.05) is 52.0 Å². The van der Waals surface area contributed by atoms with Gasteiger partial charge in [0.2, 0.25) is 5.89 Å². The van der Waals surface area contributed by atoms with Crippen molar-refractivity contribution in [2.75, 3.05) is 0 Å². The molecule has 1 saturated heterocycles. The summed E-state index contributed by atoms with van der Waals surface area (Å²) in [5.41, 5.74) is 0.734. The van der Waals surface area contributed by atoms with E-state index in [0.29, 0.717) is 11.6 Å². The third kappa shape index (κ3) is 2.68. The summed E-state index contributed by atoms with van der Waals surface area (Å²) in [5, 5.41) is 0. The molecule has 110 valence electrons. The predicted molar refractivity (Wildman–Crippen MR) is 85.4 cm³/mol. The SMILES string of the molecule is CC1(C)OB(c2cnc(-c3ccc(Br)cc3)o2)OC1(C)C. The second kappa shape index (κ2) is 4.97. The van der Waals surface area contributed by atoms with E-state index in [4.69, 9.17) is 13.7 Å². The fraction of sp³-hybridized carbons (Fsp3) is 0.400. The Hall–Kier alpha value is -1.11.